The first-order valence-electron chi connectivity index (χ1n) is 6.30. The van der Waals surface area contributed by atoms with Crippen molar-refractivity contribution in [3.8, 4) is 0 Å². The Kier molecular flexibility index (Phi) is 4.38. The normalized spacial score (nSPS) is 33.0. The molecule has 0 aromatic rings. The summed E-state index contributed by atoms with van der Waals surface area (Å²) in [6, 6.07) is 0. The average Bonchev–Trinajstić information content (AvgIpc) is 2.15. The lowest BCUT2D eigenvalue weighted by atomic mass is 9.78. The molecule has 16 heavy (non-hydrogen) atoms. The van der Waals surface area contributed by atoms with Crippen LogP contribution in [-0.4, -0.2) is 4.87 Å². The largest absolute Gasteiger partial charge is 0.114 e. The molecule has 0 bridgehead atoms. The minimum atomic E-state index is -0.330. The number of hydrogen-bond acceptors (Lipinski definition) is 0. The van der Waals surface area contributed by atoms with Gasteiger partial charge in [0, 0.05) is 11.5 Å². The van der Waals surface area contributed by atoms with Gasteiger partial charge in [0.15, 0.2) is 0 Å². The third-order valence-electron chi connectivity index (χ3n) is 3.70. The molecule has 0 aliphatic heterocycles. The summed E-state index contributed by atoms with van der Waals surface area (Å²) in [7, 11) is 0. The van der Waals surface area contributed by atoms with Crippen molar-refractivity contribution < 1.29 is 0 Å². The van der Waals surface area contributed by atoms with Crippen LogP contribution >= 0.6 is 23.2 Å². The Morgan fingerprint density at radius 1 is 1.06 bits per heavy atom. The van der Waals surface area contributed by atoms with Gasteiger partial charge in [-0.2, -0.15) is 0 Å². The van der Waals surface area contributed by atoms with Gasteiger partial charge in [-0.3, -0.25) is 0 Å². The van der Waals surface area contributed by atoms with Crippen LogP contribution in [0.2, 0.25) is 0 Å². The summed E-state index contributed by atoms with van der Waals surface area (Å²) < 4.78 is 0. The van der Waals surface area contributed by atoms with Crippen molar-refractivity contribution in [2.75, 3.05) is 0 Å². The minimum Gasteiger partial charge on any atom is -0.114 e. The molecule has 0 saturated heterocycles. The smallest absolute Gasteiger partial charge is 0.0740 e. The zero-order valence-electron chi connectivity index (χ0n) is 9.59. The van der Waals surface area contributed by atoms with Crippen LogP contribution < -0.4 is 0 Å². The Bertz CT molecular complexity index is 285. The Morgan fingerprint density at radius 3 is 2.31 bits per heavy atom. The molecule has 1 saturated carbocycles. The van der Waals surface area contributed by atoms with Crippen molar-refractivity contribution in [1.29, 1.82) is 0 Å². The van der Waals surface area contributed by atoms with E-state index in [0.29, 0.717) is 5.92 Å². The fraction of sp³-hybridized carbons (Fsp3) is 0.643. The summed E-state index contributed by atoms with van der Waals surface area (Å²) in [5.74, 6) is 0.549. The monoisotopic (exact) mass is 257 g/mol. The Hall–Kier alpha value is 0.0600. The predicted molar refractivity (Wildman–Crippen MR) is 71.8 cm³/mol. The molecule has 0 aromatic carbocycles. The maximum atomic E-state index is 6.71. The van der Waals surface area contributed by atoms with Crippen LogP contribution in [0.1, 0.15) is 44.9 Å². The topological polar surface area (TPSA) is 0 Å². The molecule has 0 heterocycles. The maximum absolute atomic E-state index is 6.71. The van der Waals surface area contributed by atoms with Gasteiger partial charge in [0.1, 0.15) is 0 Å². The van der Waals surface area contributed by atoms with Crippen molar-refractivity contribution >= 4 is 23.2 Å². The first-order valence-corrected chi connectivity index (χ1v) is 7.06. The van der Waals surface area contributed by atoms with E-state index in [1.165, 1.54) is 44.9 Å². The van der Waals surface area contributed by atoms with E-state index in [1.807, 2.05) is 18.6 Å². The van der Waals surface area contributed by atoms with E-state index in [9.17, 15) is 0 Å². The van der Waals surface area contributed by atoms with Gasteiger partial charge in [0.2, 0.25) is 0 Å². The Labute approximate surface area is 109 Å². The third-order valence-corrected chi connectivity index (χ3v) is 4.48. The summed E-state index contributed by atoms with van der Waals surface area (Å²) >= 11 is 12.8. The van der Waals surface area contributed by atoms with Gasteiger partial charge in [-0.1, -0.05) is 55.9 Å². The lowest BCUT2D eigenvalue weighted by Gasteiger charge is -2.35. The number of halogens is 2. The Morgan fingerprint density at radius 2 is 1.69 bits per heavy atom. The van der Waals surface area contributed by atoms with Crippen LogP contribution in [0.5, 0.6) is 0 Å². The molecule has 2 aliphatic rings. The molecule has 1 fully saturated rings. The van der Waals surface area contributed by atoms with Crippen LogP contribution in [0, 0.1) is 12.3 Å². The molecular formula is C14H19Cl2. The summed E-state index contributed by atoms with van der Waals surface area (Å²) in [5, 5.41) is 0.777. The second-order valence-electron chi connectivity index (χ2n) is 4.92. The SMILES string of the molecule is ClC1=CC=CC(Cl)(C2CCCCCCC2)[CH]1. The van der Waals surface area contributed by atoms with Crippen LogP contribution in [0.4, 0.5) is 0 Å². The molecule has 0 amide bonds. The second-order valence-corrected chi connectivity index (χ2v) is 6.02. The molecule has 0 N–H and O–H groups in total. The molecule has 1 atom stereocenters. The first-order chi connectivity index (χ1) is 7.71. The minimum absolute atomic E-state index is 0.330. The summed E-state index contributed by atoms with van der Waals surface area (Å²) in [6.45, 7) is 0. The lowest BCUT2D eigenvalue weighted by molar-refractivity contribution is 0.345. The number of rotatable bonds is 1. The zero-order valence-corrected chi connectivity index (χ0v) is 11.1. The van der Waals surface area contributed by atoms with Gasteiger partial charge in [0.25, 0.3) is 0 Å². The fourth-order valence-electron chi connectivity index (χ4n) is 2.75. The van der Waals surface area contributed by atoms with Gasteiger partial charge in [-0.25, -0.2) is 0 Å². The van der Waals surface area contributed by atoms with Gasteiger partial charge < -0.3 is 0 Å². The van der Waals surface area contributed by atoms with E-state index in [-0.39, 0.29) is 4.87 Å². The standard InChI is InChI=1S/C14H19Cl2/c15-13-9-6-10-14(16,11-13)12-7-4-2-1-3-5-8-12/h6,9-12H,1-5,7-8H2. The van der Waals surface area contributed by atoms with E-state index in [4.69, 9.17) is 23.2 Å². The molecule has 2 heteroatoms. The van der Waals surface area contributed by atoms with Gasteiger partial charge in [-0.05, 0) is 24.8 Å². The number of hydrogen-bond donors (Lipinski definition) is 0. The quantitative estimate of drug-likeness (QED) is 0.565. The summed E-state index contributed by atoms with van der Waals surface area (Å²) in [4.78, 5) is -0.330. The number of alkyl halides is 1. The predicted octanol–water partition coefficient (Wildman–Crippen LogP) is 5.22. The molecule has 0 spiro atoms. The Balaban J connectivity index is 2.03. The molecule has 0 nitrogen and oxygen atoms in total. The molecule has 89 valence electrons. The van der Waals surface area contributed by atoms with E-state index in [1.54, 1.807) is 0 Å². The van der Waals surface area contributed by atoms with Crippen LogP contribution in [0.3, 0.4) is 0 Å². The van der Waals surface area contributed by atoms with Crippen LogP contribution in [-0.2, 0) is 0 Å². The second kappa shape index (κ2) is 5.60. The zero-order chi connectivity index (χ0) is 11.4. The highest BCUT2D eigenvalue weighted by Crippen LogP contribution is 2.42. The summed E-state index contributed by atoms with van der Waals surface area (Å²) in [5.41, 5.74) is 0. The number of allylic oxidation sites excluding steroid dienone is 4. The molecule has 2 aliphatic carbocycles. The molecule has 1 radical (unpaired) electrons. The molecule has 2 rings (SSSR count). The van der Waals surface area contributed by atoms with Crippen molar-refractivity contribution in [3.63, 3.8) is 0 Å². The highest BCUT2D eigenvalue weighted by Gasteiger charge is 2.36. The van der Waals surface area contributed by atoms with Crippen molar-refractivity contribution in [1.82, 2.24) is 0 Å². The van der Waals surface area contributed by atoms with E-state index in [2.05, 4.69) is 6.08 Å². The van der Waals surface area contributed by atoms with E-state index in [0.717, 1.165) is 5.03 Å². The first kappa shape index (κ1) is 12.5. The van der Waals surface area contributed by atoms with E-state index < -0.39 is 0 Å². The van der Waals surface area contributed by atoms with Crippen molar-refractivity contribution in [2.24, 2.45) is 5.92 Å². The summed E-state index contributed by atoms with van der Waals surface area (Å²) in [6.07, 6.45) is 17.2. The maximum Gasteiger partial charge on any atom is 0.0740 e. The lowest BCUT2D eigenvalue weighted by Crippen LogP contribution is -2.32. The molecular weight excluding hydrogens is 239 g/mol. The van der Waals surface area contributed by atoms with Gasteiger partial charge in [-0.15, -0.1) is 11.6 Å². The van der Waals surface area contributed by atoms with Gasteiger partial charge in [0.05, 0.1) is 4.87 Å². The van der Waals surface area contributed by atoms with Crippen LogP contribution in [0.15, 0.2) is 23.3 Å². The third kappa shape index (κ3) is 3.05. The molecule has 0 aromatic heterocycles. The average molecular weight is 258 g/mol. The molecule has 1 unspecified atom stereocenters. The fourth-order valence-corrected chi connectivity index (χ4v) is 3.47. The van der Waals surface area contributed by atoms with E-state index >= 15 is 0 Å². The van der Waals surface area contributed by atoms with Crippen LogP contribution in [0.25, 0.3) is 0 Å². The van der Waals surface area contributed by atoms with Crippen molar-refractivity contribution in [3.05, 3.63) is 29.7 Å². The van der Waals surface area contributed by atoms with Gasteiger partial charge >= 0.3 is 0 Å². The van der Waals surface area contributed by atoms with Crippen molar-refractivity contribution in [2.45, 2.75) is 49.8 Å². The highest BCUT2D eigenvalue weighted by atomic mass is 35.5. The highest BCUT2D eigenvalue weighted by molar-refractivity contribution is 6.34.